The average molecular weight is 434 g/mol. The van der Waals surface area contributed by atoms with Crippen molar-refractivity contribution in [1.29, 1.82) is 0 Å². The lowest BCUT2D eigenvalue weighted by Gasteiger charge is -2.32. The predicted molar refractivity (Wildman–Crippen MR) is 126 cm³/mol. The fourth-order valence-corrected chi connectivity index (χ4v) is 4.09. The fraction of sp³-hybridized carbons (Fsp3) is 0.346. The van der Waals surface area contributed by atoms with Gasteiger partial charge in [0, 0.05) is 19.5 Å². The molecule has 0 spiro atoms. The van der Waals surface area contributed by atoms with Gasteiger partial charge in [-0.2, -0.15) is 0 Å². The van der Waals surface area contributed by atoms with E-state index in [9.17, 15) is 14.4 Å². The van der Waals surface area contributed by atoms with Gasteiger partial charge in [-0.15, -0.1) is 0 Å². The molecular formula is C26H31N3O3. The summed E-state index contributed by atoms with van der Waals surface area (Å²) in [4.78, 5) is 38.6. The number of imide groups is 1. The van der Waals surface area contributed by atoms with E-state index in [2.05, 4.69) is 35.8 Å². The highest BCUT2D eigenvalue weighted by molar-refractivity contribution is 6.07. The number of ketones is 1. The van der Waals surface area contributed by atoms with Crippen LogP contribution in [0.2, 0.25) is 0 Å². The van der Waals surface area contributed by atoms with Gasteiger partial charge >= 0.3 is 6.03 Å². The number of nitrogens with one attached hydrogen (secondary N) is 2. The van der Waals surface area contributed by atoms with Gasteiger partial charge in [-0.3, -0.25) is 19.8 Å². The van der Waals surface area contributed by atoms with Gasteiger partial charge in [0.25, 0.3) is 5.91 Å². The van der Waals surface area contributed by atoms with Crippen molar-refractivity contribution in [3.05, 3.63) is 76.4 Å². The number of urea groups is 1. The lowest BCUT2D eigenvalue weighted by atomic mass is 9.88. The van der Waals surface area contributed by atoms with E-state index >= 15 is 0 Å². The Labute approximate surface area is 189 Å². The van der Waals surface area contributed by atoms with Gasteiger partial charge in [0.05, 0.1) is 0 Å². The summed E-state index contributed by atoms with van der Waals surface area (Å²) in [6, 6.07) is 13.2. The Bertz CT molecular complexity index is 1040. The van der Waals surface area contributed by atoms with Crippen LogP contribution in [0.4, 0.5) is 4.79 Å². The SMILES string of the molecule is CC/C=C/c1ccc(CC(C)=O)cc1CN(C)CC1(c2ccc(C)cc2)NC(=O)NC1=O. The van der Waals surface area contributed by atoms with E-state index in [-0.39, 0.29) is 11.7 Å². The van der Waals surface area contributed by atoms with Gasteiger partial charge in [0.2, 0.25) is 0 Å². The summed E-state index contributed by atoms with van der Waals surface area (Å²) in [5.74, 6) is -0.237. The third kappa shape index (κ3) is 5.32. The van der Waals surface area contributed by atoms with Crippen molar-refractivity contribution in [2.75, 3.05) is 13.6 Å². The van der Waals surface area contributed by atoms with Crippen LogP contribution in [-0.2, 0) is 28.1 Å². The molecule has 0 aromatic heterocycles. The Balaban J connectivity index is 1.91. The van der Waals surface area contributed by atoms with Crippen molar-refractivity contribution in [3.8, 4) is 0 Å². The molecule has 3 amide bonds. The van der Waals surface area contributed by atoms with E-state index < -0.39 is 11.6 Å². The maximum absolute atomic E-state index is 12.9. The quantitative estimate of drug-likeness (QED) is 0.591. The molecule has 1 atom stereocenters. The molecule has 1 heterocycles. The van der Waals surface area contributed by atoms with Crippen molar-refractivity contribution in [2.45, 2.75) is 45.7 Å². The second-order valence-electron chi connectivity index (χ2n) is 8.57. The molecule has 0 radical (unpaired) electrons. The molecule has 32 heavy (non-hydrogen) atoms. The van der Waals surface area contributed by atoms with Crippen LogP contribution in [0, 0.1) is 6.92 Å². The lowest BCUT2D eigenvalue weighted by Crippen LogP contribution is -2.51. The number of likely N-dealkylation sites (N-methyl/N-ethyl adjacent to an activating group) is 1. The summed E-state index contributed by atoms with van der Waals surface area (Å²) in [5.41, 5.74) is 3.78. The number of hydrogen-bond acceptors (Lipinski definition) is 4. The number of allylic oxidation sites excluding steroid dienone is 1. The number of aryl methyl sites for hydroxylation is 1. The van der Waals surface area contributed by atoms with E-state index in [1.54, 1.807) is 6.92 Å². The Kier molecular flexibility index (Phi) is 7.26. The van der Waals surface area contributed by atoms with E-state index in [1.165, 1.54) is 0 Å². The van der Waals surface area contributed by atoms with Crippen molar-refractivity contribution in [1.82, 2.24) is 15.5 Å². The molecule has 1 fully saturated rings. The maximum Gasteiger partial charge on any atom is 0.322 e. The largest absolute Gasteiger partial charge is 0.322 e. The van der Waals surface area contributed by atoms with Gasteiger partial charge < -0.3 is 5.32 Å². The molecule has 0 saturated carbocycles. The fourth-order valence-electron chi connectivity index (χ4n) is 4.09. The summed E-state index contributed by atoms with van der Waals surface area (Å²) < 4.78 is 0. The molecule has 2 aromatic carbocycles. The first-order chi connectivity index (χ1) is 15.2. The molecule has 2 aromatic rings. The number of carbonyl (C=O) groups excluding carboxylic acids is 3. The minimum Gasteiger partial charge on any atom is -0.318 e. The van der Waals surface area contributed by atoms with Crippen LogP contribution >= 0.6 is 0 Å². The minimum atomic E-state index is -1.16. The number of amides is 3. The highest BCUT2D eigenvalue weighted by Crippen LogP contribution is 2.27. The molecule has 168 valence electrons. The summed E-state index contributed by atoms with van der Waals surface area (Å²) >= 11 is 0. The van der Waals surface area contributed by atoms with E-state index in [4.69, 9.17) is 0 Å². The Morgan fingerprint density at radius 3 is 2.44 bits per heavy atom. The average Bonchev–Trinajstić information content (AvgIpc) is 3.01. The number of carbonyl (C=O) groups is 3. The zero-order valence-corrected chi connectivity index (χ0v) is 19.2. The first-order valence-electron chi connectivity index (χ1n) is 10.9. The standard InChI is InChI=1S/C26H31N3O3/c1-5-6-7-21-11-10-20(14-19(3)30)15-22(21)16-29(4)17-26(24(31)27-25(32)28-26)23-12-8-18(2)9-13-23/h6-13,15H,5,14,16-17H2,1-4H3,(H2,27,28,31,32)/b7-6+. The topological polar surface area (TPSA) is 78.5 Å². The lowest BCUT2D eigenvalue weighted by molar-refractivity contribution is -0.125. The Morgan fingerprint density at radius 2 is 1.84 bits per heavy atom. The van der Waals surface area contributed by atoms with Crippen molar-refractivity contribution in [2.24, 2.45) is 0 Å². The first kappa shape index (κ1) is 23.4. The monoisotopic (exact) mass is 433 g/mol. The Hall–Kier alpha value is -3.25. The highest BCUT2D eigenvalue weighted by atomic mass is 16.2. The highest BCUT2D eigenvalue weighted by Gasteiger charge is 2.48. The summed E-state index contributed by atoms with van der Waals surface area (Å²) in [6.45, 7) is 6.52. The third-order valence-corrected chi connectivity index (χ3v) is 5.63. The number of Topliss-reactive ketones (excluding diaryl/α,β-unsaturated/α-hetero) is 1. The smallest absolute Gasteiger partial charge is 0.318 e. The van der Waals surface area contributed by atoms with Crippen LogP contribution in [-0.4, -0.2) is 36.2 Å². The molecule has 6 heteroatoms. The summed E-state index contributed by atoms with van der Waals surface area (Å²) in [6.07, 6.45) is 5.50. The van der Waals surface area contributed by atoms with Crippen LogP contribution in [0.1, 0.15) is 48.1 Å². The number of benzene rings is 2. The molecule has 1 aliphatic heterocycles. The van der Waals surface area contributed by atoms with Crippen LogP contribution in [0.3, 0.4) is 0 Å². The summed E-state index contributed by atoms with van der Waals surface area (Å²) in [5, 5.41) is 5.25. The van der Waals surface area contributed by atoms with Crippen molar-refractivity contribution >= 4 is 23.8 Å². The van der Waals surface area contributed by atoms with E-state index in [1.807, 2.05) is 55.3 Å². The van der Waals surface area contributed by atoms with Crippen molar-refractivity contribution in [3.63, 3.8) is 0 Å². The second-order valence-corrected chi connectivity index (χ2v) is 8.57. The van der Waals surface area contributed by atoms with Gasteiger partial charge in [0.15, 0.2) is 5.54 Å². The zero-order chi connectivity index (χ0) is 23.3. The minimum absolute atomic E-state index is 0.116. The number of nitrogens with zero attached hydrogens (tertiary/aromatic N) is 1. The first-order valence-corrected chi connectivity index (χ1v) is 10.9. The molecule has 6 nitrogen and oxygen atoms in total. The van der Waals surface area contributed by atoms with Crippen LogP contribution in [0.15, 0.2) is 48.5 Å². The second kappa shape index (κ2) is 9.92. The van der Waals surface area contributed by atoms with E-state index in [0.717, 1.165) is 34.2 Å². The molecule has 2 N–H and O–H groups in total. The molecule has 0 bridgehead atoms. The third-order valence-electron chi connectivity index (χ3n) is 5.63. The van der Waals surface area contributed by atoms with E-state index in [0.29, 0.717) is 19.5 Å². The van der Waals surface area contributed by atoms with Crippen LogP contribution in [0.25, 0.3) is 6.08 Å². The molecule has 1 aliphatic rings. The predicted octanol–water partition coefficient (Wildman–Crippen LogP) is 3.72. The molecule has 1 saturated heterocycles. The normalized spacial score (nSPS) is 18.3. The van der Waals surface area contributed by atoms with Crippen molar-refractivity contribution < 1.29 is 14.4 Å². The molecule has 3 rings (SSSR count). The number of rotatable bonds is 9. The maximum atomic E-state index is 12.9. The molecule has 1 unspecified atom stereocenters. The van der Waals surface area contributed by atoms with Gasteiger partial charge in [0.1, 0.15) is 5.78 Å². The number of hydrogen-bond donors (Lipinski definition) is 2. The summed E-state index contributed by atoms with van der Waals surface area (Å²) in [7, 11) is 1.93. The zero-order valence-electron chi connectivity index (χ0n) is 19.2. The van der Waals surface area contributed by atoms with Gasteiger partial charge in [-0.05, 0) is 49.6 Å². The molecule has 0 aliphatic carbocycles. The Morgan fingerprint density at radius 1 is 1.12 bits per heavy atom. The van der Waals surface area contributed by atoms with Gasteiger partial charge in [-0.1, -0.05) is 67.1 Å². The molecular weight excluding hydrogens is 402 g/mol. The van der Waals surface area contributed by atoms with Crippen LogP contribution in [0.5, 0.6) is 0 Å². The van der Waals surface area contributed by atoms with Crippen LogP contribution < -0.4 is 10.6 Å². The van der Waals surface area contributed by atoms with Gasteiger partial charge in [-0.25, -0.2) is 4.79 Å².